The van der Waals surface area contributed by atoms with Crippen LogP contribution in [-0.4, -0.2) is 18.0 Å². The Bertz CT molecular complexity index is 1380. The lowest BCUT2D eigenvalue weighted by molar-refractivity contribution is 0.0741. The molecule has 2 aliphatic rings. The molecule has 0 aliphatic carbocycles. The maximum Gasteiger partial charge on any atom is 0.229 e. The number of hydrogen-bond acceptors (Lipinski definition) is 3. The van der Waals surface area contributed by atoms with Crippen LogP contribution in [0.1, 0.15) is 33.3 Å². The average molecular weight is 407 g/mol. The van der Waals surface area contributed by atoms with Gasteiger partial charge >= 0.3 is 0 Å². The zero-order valence-electron chi connectivity index (χ0n) is 18.4. The first-order chi connectivity index (χ1) is 15.0. The molecule has 154 valence electrons. The number of hydrogen-bond donors (Lipinski definition) is 0. The average Bonchev–Trinajstić information content (AvgIpc) is 2.97. The molecule has 2 heterocycles. The fraction of sp³-hybridized carbons (Fsp3) is 0.250. The first-order valence-corrected chi connectivity index (χ1v) is 11.0. The van der Waals surface area contributed by atoms with Gasteiger partial charge in [0, 0.05) is 22.5 Å². The van der Waals surface area contributed by atoms with Crippen molar-refractivity contribution in [3.05, 3.63) is 78.4 Å². The van der Waals surface area contributed by atoms with Gasteiger partial charge in [-0.15, -0.1) is 0 Å². The van der Waals surface area contributed by atoms with Crippen LogP contribution in [0.5, 0.6) is 5.75 Å². The SMILES string of the molecule is CC(C)N1c2ccccc2C(C)(C)C12C=Nc1c(c3ccccc3c3ccccc13)O2. The molecule has 1 spiro atoms. The van der Waals surface area contributed by atoms with Gasteiger partial charge in [0.05, 0.1) is 11.6 Å². The molecule has 31 heavy (non-hydrogen) atoms. The predicted octanol–water partition coefficient (Wildman–Crippen LogP) is 6.99. The molecule has 3 heteroatoms. The van der Waals surface area contributed by atoms with E-state index in [0.717, 1.165) is 22.2 Å². The van der Waals surface area contributed by atoms with Crippen LogP contribution in [0.25, 0.3) is 21.5 Å². The Morgan fingerprint density at radius 1 is 0.774 bits per heavy atom. The standard InChI is InChI=1S/C28H26N2O/c1-18(2)30-24-16-10-9-15-23(24)27(3,4)28(30)17-29-25-21-13-7-5-11-19(21)20-12-6-8-14-22(20)26(25)31-28/h5-18H,1-4H3. The molecule has 2 aliphatic heterocycles. The Morgan fingerprint density at radius 3 is 2.06 bits per heavy atom. The largest absolute Gasteiger partial charge is 0.459 e. The molecule has 0 bridgehead atoms. The summed E-state index contributed by atoms with van der Waals surface area (Å²) in [4.78, 5) is 7.53. The molecule has 6 rings (SSSR count). The number of ether oxygens (including phenoxy) is 1. The van der Waals surface area contributed by atoms with Crippen LogP contribution in [0.2, 0.25) is 0 Å². The summed E-state index contributed by atoms with van der Waals surface area (Å²) in [5.74, 6) is 0.878. The summed E-state index contributed by atoms with van der Waals surface area (Å²) in [5.41, 5.74) is 2.48. The van der Waals surface area contributed by atoms with Crippen LogP contribution in [-0.2, 0) is 5.41 Å². The monoisotopic (exact) mass is 406 g/mol. The molecule has 1 unspecified atom stereocenters. The van der Waals surface area contributed by atoms with E-state index in [1.807, 2.05) is 0 Å². The van der Waals surface area contributed by atoms with E-state index in [9.17, 15) is 0 Å². The molecule has 0 saturated carbocycles. The highest BCUT2D eigenvalue weighted by Crippen LogP contribution is 2.56. The van der Waals surface area contributed by atoms with E-state index in [1.165, 1.54) is 22.0 Å². The van der Waals surface area contributed by atoms with Crippen molar-refractivity contribution in [3.8, 4) is 5.75 Å². The zero-order chi connectivity index (χ0) is 21.4. The van der Waals surface area contributed by atoms with E-state index < -0.39 is 5.72 Å². The second-order valence-electron chi connectivity index (χ2n) is 9.43. The van der Waals surface area contributed by atoms with Gasteiger partial charge in [0.2, 0.25) is 5.72 Å². The molecular formula is C28H26N2O. The van der Waals surface area contributed by atoms with Crippen LogP contribution in [0, 0.1) is 0 Å². The molecule has 3 nitrogen and oxygen atoms in total. The molecule has 0 radical (unpaired) electrons. The Balaban J connectivity index is 1.68. The Kier molecular flexibility index (Phi) is 3.63. The van der Waals surface area contributed by atoms with Gasteiger partial charge in [-0.3, -0.25) is 4.99 Å². The topological polar surface area (TPSA) is 24.8 Å². The number of nitrogens with zero attached hydrogens (tertiary/aromatic N) is 2. The van der Waals surface area contributed by atoms with Gasteiger partial charge in [0.25, 0.3) is 0 Å². The van der Waals surface area contributed by atoms with E-state index in [4.69, 9.17) is 9.73 Å². The van der Waals surface area contributed by atoms with Gasteiger partial charge in [-0.1, -0.05) is 66.7 Å². The van der Waals surface area contributed by atoms with E-state index in [0.29, 0.717) is 0 Å². The van der Waals surface area contributed by atoms with Gasteiger partial charge in [-0.25, -0.2) is 0 Å². The molecule has 0 aromatic heterocycles. The minimum absolute atomic E-state index is 0.252. The fourth-order valence-electron chi connectivity index (χ4n) is 5.60. The second kappa shape index (κ2) is 6.10. The summed E-state index contributed by atoms with van der Waals surface area (Å²) >= 11 is 0. The second-order valence-corrected chi connectivity index (χ2v) is 9.43. The van der Waals surface area contributed by atoms with E-state index >= 15 is 0 Å². The predicted molar refractivity (Wildman–Crippen MR) is 130 cm³/mol. The molecule has 0 N–H and O–H groups in total. The third-order valence-electron chi connectivity index (χ3n) is 7.09. The molecule has 4 aromatic rings. The fourth-order valence-corrected chi connectivity index (χ4v) is 5.60. The van der Waals surface area contributed by atoms with Crippen LogP contribution < -0.4 is 9.64 Å². The first kappa shape index (κ1) is 18.4. The van der Waals surface area contributed by atoms with Crippen LogP contribution in [0.4, 0.5) is 11.4 Å². The third-order valence-corrected chi connectivity index (χ3v) is 7.09. The molecule has 4 aromatic carbocycles. The van der Waals surface area contributed by atoms with Crippen LogP contribution in [0.3, 0.4) is 0 Å². The van der Waals surface area contributed by atoms with Crippen molar-refractivity contribution >= 4 is 39.1 Å². The van der Waals surface area contributed by atoms with Crippen molar-refractivity contribution in [3.63, 3.8) is 0 Å². The van der Waals surface area contributed by atoms with Crippen molar-refractivity contribution < 1.29 is 4.74 Å². The highest BCUT2D eigenvalue weighted by molar-refractivity contribution is 6.17. The molecule has 0 fully saturated rings. The highest BCUT2D eigenvalue weighted by atomic mass is 16.5. The number of para-hydroxylation sites is 1. The highest BCUT2D eigenvalue weighted by Gasteiger charge is 2.60. The maximum atomic E-state index is 7.15. The van der Waals surface area contributed by atoms with E-state index in [-0.39, 0.29) is 11.5 Å². The third kappa shape index (κ3) is 2.21. The van der Waals surface area contributed by atoms with E-state index in [2.05, 4.69) is 112 Å². The number of anilines is 1. The van der Waals surface area contributed by atoms with Crippen molar-refractivity contribution in [2.75, 3.05) is 4.90 Å². The Morgan fingerprint density at radius 2 is 1.35 bits per heavy atom. The summed E-state index contributed by atoms with van der Waals surface area (Å²) in [5, 5.41) is 4.66. The van der Waals surface area contributed by atoms with Gasteiger partial charge < -0.3 is 9.64 Å². The lowest BCUT2D eigenvalue weighted by Gasteiger charge is -2.48. The minimum Gasteiger partial charge on any atom is -0.459 e. The van der Waals surface area contributed by atoms with Gasteiger partial charge in [0.1, 0.15) is 5.69 Å². The van der Waals surface area contributed by atoms with Crippen molar-refractivity contribution in [2.24, 2.45) is 4.99 Å². The minimum atomic E-state index is -0.691. The van der Waals surface area contributed by atoms with Gasteiger partial charge in [-0.2, -0.15) is 0 Å². The summed E-state index contributed by atoms with van der Waals surface area (Å²) in [6, 6.07) is 25.9. The lowest BCUT2D eigenvalue weighted by atomic mass is 9.77. The number of rotatable bonds is 1. The zero-order valence-corrected chi connectivity index (χ0v) is 18.4. The van der Waals surface area contributed by atoms with Gasteiger partial charge in [0.15, 0.2) is 5.75 Å². The molecular weight excluding hydrogens is 380 g/mol. The summed E-state index contributed by atoms with van der Waals surface area (Å²) in [6.07, 6.45) is 2.05. The molecule has 0 amide bonds. The maximum absolute atomic E-state index is 7.15. The molecule has 0 saturated heterocycles. The van der Waals surface area contributed by atoms with Crippen molar-refractivity contribution in [2.45, 2.75) is 44.9 Å². The van der Waals surface area contributed by atoms with Crippen LogP contribution >= 0.6 is 0 Å². The van der Waals surface area contributed by atoms with Crippen LogP contribution in [0.15, 0.2) is 77.8 Å². The molecule has 1 atom stereocenters. The van der Waals surface area contributed by atoms with Crippen molar-refractivity contribution in [1.29, 1.82) is 0 Å². The smallest absolute Gasteiger partial charge is 0.229 e. The summed E-state index contributed by atoms with van der Waals surface area (Å²) in [6.45, 7) is 9.00. The normalized spacial score (nSPS) is 21.0. The van der Waals surface area contributed by atoms with Gasteiger partial charge in [-0.05, 0) is 50.1 Å². The van der Waals surface area contributed by atoms with Crippen molar-refractivity contribution in [1.82, 2.24) is 0 Å². The summed E-state index contributed by atoms with van der Waals surface area (Å²) in [7, 11) is 0. The number of aliphatic imine (C=N–C) groups is 1. The van der Waals surface area contributed by atoms with E-state index in [1.54, 1.807) is 0 Å². The number of benzene rings is 4. The lowest BCUT2D eigenvalue weighted by Crippen LogP contribution is -2.64. The summed E-state index contributed by atoms with van der Waals surface area (Å²) < 4.78 is 7.15. The first-order valence-electron chi connectivity index (χ1n) is 11.0. The number of fused-ring (bicyclic) bond motifs is 7. The quantitative estimate of drug-likeness (QED) is 0.318. The Hall–Kier alpha value is -3.33. The Labute approximate surface area is 183 Å².